The predicted molar refractivity (Wildman–Crippen MR) is 79.2 cm³/mol. The number of carbonyl (C=O) groups excluding carboxylic acids is 1. The second-order valence-electron chi connectivity index (χ2n) is 4.58. The molecule has 0 fully saturated rings. The Balaban J connectivity index is 2.27. The van der Waals surface area contributed by atoms with Crippen molar-refractivity contribution in [2.45, 2.75) is 13.8 Å². The fraction of sp³-hybridized carbons (Fsp3) is 0.200. The number of aromatic nitrogens is 2. The molecule has 0 unspecified atom stereocenters. The Bertz CT molecular complexity index is 702. The number of phenolic OH excluding ortho intramolecular Hbond substituents is 1. The van der Waals surface area contributed by atoms with Gasteiger partial charge in [0.2, 0.25) is 0 Å². The minimum atomic E-state index is -0.0997. The first-order chi connectivity index (χ1) is 9.40. The minimum Gasteiger partial charge on any atom is -0.506 e. The van der Waals surface area contributed by atoms with Crippen LogP contribution in [0.15, 0.2) is 24.3 Å². The lowest BCUT2D eigenvalue weighted by Gasteiger charge is -1.99. The van der Waals surface area contributed by atoms with Crippen molar-refractivity contribution in [1.82, 2.24) is 9.78 Å². The number of ketones is 1. The maximum atomic E-state index is 12.2. The molecule has 0 radical (unpaired) electrons. The summed E-state index contributed by atoms with van der Waals surface area (Å²) in [5, 5.41) is 13.8. The summed E-state index contributed by atoms with van der Waals surface area (Å²) in [6.07, 6.45) is 3.15. The fourth-order valence-electron chi connectivity index (χ4n) is 2.01. The van der Waals surface area contributed by atoms with Crippen LogP contribution >= 0.6 is 11.6 Å². The second-order valence-corrected chi connectivity index (χ2v) is 4.99. The number of hydrogen-bond donors (Lipinski definition) is 1. The highest BCUT2D eigenvalue weighted by Crippen LogP contribution is 2.24. The Morgan fingerprint density at radius 2 is 2.10 bits per heavy atom. The van der Waals surface area contributed by atoms with E-state index >= 15 is 0 Å². The van der Waals surface area contributed by atoms with Crippen LogP contribution in [0.3, 0.4) is 0 Å². The molecule has 20 heavy (non-hydrogen) atoms. The molecule has 1 N–H and O–H groups in total. The van der Waals surface area contributed by atoms with E-state index in [0.29, 0.717) is 11.3 Å². The summed E-state index contributed by atoms with van der Waals surface area (Å²) in [5.74, 6) is -0.0774. The van der Waals surface area contributed by atoms with Crippen molar-refractivity contribution in [2.75, 3.05) is 0 Å². The van der Waals surface area contributed by atoms with Crippen LogP contribution in [0, 0.1) is 13.8 Å². The van der Waals surface area contributed by atoms with Crippen LogP contribution in [0.5, 0.6) is 5.75 Å². The van der Waals surface area contributed by atoms with Gasteiger partial charge >= 0.3 is 0 Å². The first-order valence-corrected chi connectivity index (χ1v) is 6.49. The monoisotopic (exact) mass is 290 g/mol. The van der Waals surface area contributed by atoms with Crippen LogP contribution in [0.25, 0.3) is 6.08 Å². The van der Waals surface area contributed by atoms with Crippen molar-refractivity contribution in [3.8, 4) is 5.75 Å². The van der Waals surface area contributed by atoms with Gasteiger partial charge in [0.25, 0.3) is 0 Å². The summed E-state index contributed by atoms with van der Waals surface area (Å²) in [6.45, 7) is 3.67. The molecule has 0 amide bonds. The molecule has 1 aromatic heterocycles. The molecule has 0 aliphatic carbocycles. The Kier molecular flexibility index (Phi) is 3.95. The number of rotatable bonds is 3. The summed E-state index contributed by atoms with van der Waals surface area (Å²) in [4.78, 5) is 12.2. The summed E-state index contributed by atoms with van der Waals surface area (Å²) < 4.78 is 1.69. The van der Waals surface area contributed by atoms with E-state index in [1.54, 1.807) is 22.9 Å². The third-order valence-corrected chi connectivity index (χ3v) is 3.46. The number of allylic oxidation sites excluding steroid dienone is 1. The van der Waals surface area contributed by atoms with Crippen molar-refractivity contribution in [1.29, 1.82) is 0 Å². The maximum absolute atomic E-state index is 12.2. The molecule has 0 aliphatic rings. The zero-order valence-electron chi connectivity index (χ0n) is 11.5. The number of phenols is 1. The zero-order chi connectivity index (χ0) is 14.9. The van der Waals surface area contributed by atoms with Crippen LogP contribution < -0.4 is 0 Å². The molecule has 0 aliphatic heterocycles. The Morgan fingerprint density at radius 1 is 1.40 bits per heavy atom. The molecular formula is C15H15ClN2O2. The molecule has 0 saturated carbocycles. The van der Waals surface area contributed by atoms with Crippen molar-refractivity contribution in [3.05, 3.63) is 51.8 Å². The number of aryl methyl sites for hydroxylation is 2. The summed E-state index contributed by atoms with van der Waals surface area (Å²) in [6, 6.07) is 4.78. The van der Waals surface area contributed by atoms with E-state index in [0.717, 1.165) is 11.3 Å². The molecule has 4 nitrogen and oxygen atoms in total. The highest BCUT2D eigenvalue weighted by Gasteiger charge is 2.14. The van der Waals surface area contributed by atoms with E-state index in [9.17, 15) is 9.90 Å². The Hall–Kier alpha value is -2.07. The zero-order valence-corrected chi connectivity index (χ0v) is 12.3. The Morgan fingerprint density at radius 3 is 2.65 bits per heavy atom. The van der Waals surface area contributed by atoms with E-state index < -0.39 is 0 Å². The number of carbonyl (C=O) groups is 1. The largest absolute Gasteiger partial charge is 0.506 e. The second kappa shape index (κ2) is 5.51. The van der Waals surface area contributed by atoms with Crippen LogP contribution in [-0.4, -0.2) is 20.7 Å². The lowest BCUT2D eigenvalue weighted by molar-refractivity contribution is 0.104. The molecule has 0 bridgehead atoms. The van der Waals surface area contributed by atoms with E-state index in [2.05, 4.69) is 5.10 Å². The van der Waals surface area contributed by atoms with Gasteiger partial charge in [0, 0.05) is 12.7 Å². The molecule has 5 heteroatoms. The summed E-state index contributed by atoms with van der Waals surface area (Å²) in [7, 11) is 1.81. The van der Waals surface area contributed by atoms with Gasteiger partial charge in [-0.25, -0.2) is 0 Å². The van der Waals surface area contributed by atoms with Crippen LogP contribution in [0.1, 0.15) is 27.3 Å². The molecule has 104 valence electrons. The normalized spacial score (nSPS) is 11.2. The minimum absolute atomic E-state index is 0.0223. The molecule has 1 heterocycles. The molecule has 1 aromatic carbocycles. The van der Waals surface area contributed by atoms with Gasteiger partial charge in [0.05, 0.1) is 16.3 Å². The van der Waals surface area contributed by atoms with E-state index in [4.69, 9.17) is 11.6 Å². The van der Waals surface area contributed by atoms with Gasteiger partial charge in [0.1, 0.15) is 5.75 Å². The Labute approximate surface area is 122 Å². The summed E-state index contributed by atoms with van der Waals surface area (Å²) in [5.41, 5.74) is 2.92. The van der Waals surface area contributed by atoms with E-state index in [-0.39, 0.29) is 16.6 Å². The number of benzene rings is 1. The first kappa shape index (κ1) is 14.3. The average Bonchev–Trinajstić information content (AvgIpc) is 2.64. The average molecular weight is 291 g/mol. The molecule has 0 spiro atoms. The molecule has 2 aromatic rings. The van der Waals surface area contributed by atoms with Gasteiger partial charge in [-0.1, -0.05) is 23.7 Å². The van der Waals surface area contributed by atoms with Gasteiger partial charge in [-0.05, 0) is 37.6 Å². The molecular weight excluding hydrogens is 276 g/mol. The van der Waals surface area contributed by atoms with Gasteiger partial charge in [-0.15, -0.1) is 0 Å². The number of aromatic hydroxyl groups is 1. The quantitative estimate of drug-likeness (QED) is 0.697. The van der Waals surface area contributed by atoms with Crippen LogP contribution in [0.4, 0.5) is 0 Å². The van der Waals surface area contributed by atoms with Crippen molar-refractivity contribution in [3.63, 3.8) is 0 Å². The van der Waals surface area contributed by atoms with Gasteiger partial charge in [-0.2, -0.15) is 5.10 Å². The third-order valence-electron chi connectivity index (χ3n) is 3.15. The van der Waals surface area contributed by atoms with Crippen molar-refractivity contribution < 1.29 is 9.90 Å². The highest BCUT2D eigenvalue weighted by atomic mass is 35.5. The molecule has 0 saturated heterocycles. The number of hydrogen-bond acceptors (Lipinski definition) is 3. The lowest BCUT2D eigenvalue weighted by atomic mass is 10.1. The van der Waals surface area contributed by atoms with Gasteiger partial charge < -0.3 is 5.11 Å². The van der Waals surface area contributed by atoms with E-state index in [1.807, 2.05) is 20.9 Å². The standard InChI is InChI=1S/C15H15ClN2O2/c1-9-15(10(2)18(3)17-9)14(20)7-5-11-4-6-13(19)12(16)8-11/h4-8,19H,1-3H3. The smallest absolute Gasteiger partial charge is 0.189 e. The summed E-state index contributed by atoms with van der Waals surface area (Å²) >= 11 is 5.82. The fourth-order valence-corrected chi connectivity index (χ4v) is 2.20. The SMILES string of the molecule is Cc1nn(C)c(C)c1C(=O)C=Cc1ccc(O)c(Cl)c1. The highest BCUT2D eigenvalue weighted by molar-refractivity contribution is 6.32. The third kappa shape index (κ3) is 2.75. The van der Waals surface area contributed by atoms with E-state index in [1.165, 1.54) is 12.1 Å². The van der Waals surface area contributed by atoms with Crippen LogP contribution in [0.2, 0.25) is 5.02 Å². The molecule has 0 atom stereocenters. The predicted octanol–water partition coefficient (Wildman–Crippen LogP) is 3.29. The lowest BCUT2D eigenvalue weighted by Crippen LogP contribution is -1.99. The topological polar surface area (TPSA) is 55.1 Å². The van der Waals surface area contributed by atoms with Crippen LogP contribution in [-0.2, 0) is 7.05 Å². The first-order valence-electron chi connectivity index (χ1n) is 6.11. The van der Waals surface area contributed by atoms with Gasteiger partial charge in [-0.3, -0.25) is 9.48 Å². The number of nitrogens with zero attached hydrogens (tertiary/aromatic N) is 2. The van der Waals surface area contributed by atoms with Crippen molar-refractivity contribution in [2.24, 2.45) is 7.05 Å². The molecule has 2 rings (SSSR count). The van der Waals surface area contributed by atoms with Gasteiger partial charge in [0.15, 0.2) is 5.78 Å². The maximum Gasteiger partial charge on any atom is 0.189 e. The van der Waals surface area contributed by atoms with Crippen molar-refractivity contribution >= 4 is 23.5 Å². The number of halogens is 1.